The van der Waals surface area contributed by atoms with Gasteiger partial charge in [-0.3, -0.25) is 4.90 Å². The quantitative estimate of drug-likeness (QED) is 0.718. The van der Waals surface area contributed by atoms with E-state index in [1.54, 1.807) is 12.1 Å². The predicted molar refractivity (Wildman–Crippen MR) is 71.5 cm³/mol. The molecule has 0 unspecified atom stereocenters. The molecule has 1 aliphatic rings. The molecule has 0 aromatic heterocycles. The van der Waals surface area contributed by atoms with E-state index in [0.29, 0.717) is 12.1 Å². The summed E-state index contributed by atoms with van der Waals surface area (Å²) in [4.78, 5) is 2.12. The zero-order valence-electron chi connectivity index (χ0n) is 11.1. The monoisotopic (exact) mass is 317 g/mol. The van der Waals surface area contributed by atoms with Crippen LogP contribution in [0.3, 0.4) is 0 Å². The molecule has 1 aromatic carbocycles. The number of likely N-dealkylation sites (tertiary alicyclic amines) is 1. The molecule has 1 heterocycles. The summed E-state index contributed by atoms with van der Waals surface area (Å²) in [5.74, 6) is 0. The van der Waals surface area contributed by atoms with Gasteiger partial charge in [-0.05, 0) is 25.9 Å². The van der Waals surface area contributed by atoms with E-state index in [9.17, 15) is 12.9 Å². The Morgan fingerprint density at radius 3 is 2.16 bits per heavy atom. The molecule has 0 amide bonds. The largest absolute Gasteiger partial charge is 1.00 e. The van der Waals surface area contributed by atoms with Crippen LogP contribution in [0.4, 0.5) is 12.9 Å². The zero-order valence-corrected chi connectivity index (χ0v) is 15.1. The smallest absolute Gasteiger partial charge is 0.445 e. The molecule has 2 rings (SSSR count). The van der Waals surface area contributed by atoms with Crippen molar-refractivity contribution in [2.45, 2.75) is 25.8 Å². The van der Waals surface area contributed by atoms with Gasteiger partial charge >= 0.3 is 58.4 Å². The molecule has 0 saturated carbocycles. The Morgan fingerprint density at radius 2 is 1.58 bits per heavy atom. The number of hydrogen-bond acceptors (Lipinski definition) is 1. The van der Waals surface area contributed by atoms with Crippen LogP contribution in [0.25, 0.3) is 0 Å². The van der Waals surface area contributed by atoms with Crippen LogP contribution in [-0.4, -0.2) is 25.0 Å². The molecule has 102 valence electrons. The molecule has 7 heteroatoms. The number of piperidine rings is 1. The fourth-order valence-corrected chi connectivity index (χ4v) is 2.36. The molecule has 0 N–H and O–H groups in total. The normalized spacial score (nSPS) is 16.4. The third kappa shape index (κ3) is 6.08. The first-order valence-electron chi connectivity index (χ1n) is 6.07. The number of halogens is 4. The maximum Gasteiger partial charge on any atom is 1.00 e. The summed E-state index contributed by atoms with van der Waals surface area (Å²) in [6.07, 6.45) is 3.39. The third-order valence-electron chi connectivity index (χ3n) is 3.25. The average molecular weight is 318 g/mol. The average Bonchev–Trinajstić information content (AvgIpc) is 2.30. The maximum absolute atomic E-state index is 12.8. The SMILES string of the molecule is Cl.F[B-](F)(F)c1ccccc1CN1CCCCC1.[K+]. The summed E-state index contributed by atoms with van der Waals surface area (Å²) >= 11 is 0. The molecule has 0 spiro atoms. The zero-order chi connectivity index (χ0) is 12.3. The second-order valence-corrected chi connectivity index (χ2v) is 4.61. The third-order valence-corrected chi connectivity index (χ3v) is 3.25. The summed E-state index contributed by atoms with van der Waals surface area (Å²) in [6.45, 7) is -2.63. The Morgan fingerprint density at radius 1 is 1.00 bits per heavy atom. The molecule has 0 atom stereocenters. The van der Waals surface area contributed by atoms with Crippen LogP contribution in [0.2, 0.25) is 0 Å². The standard InChI is InChI=1S/C12H16BF3N.ClH.K/c14-13(15,16)12-7-3-2-6-11(12)10-17-8-4-1-5-9-17;;/h2-3,6-7H,1,4-5,8-10H2;1H;/q-1;;+1. The Balaban J connectivity index is 0.00000162. The Labute approximate surface area is 161 Å². The van der Waals surface area contributed by atoms with E-state index < -0.39 is 12.4 Å². The molecular formula is C12H17BClF3KN. The van der Waals surface area contributed by atoms with Crippen molar-refractivity contribution in [3.05, 3.63) is 29.8 Å². The molecule has 1 aliphatic heterocycles. The van der Waals surface area contributed by atoms with Crippen molar-refractivity contribution in [1.82, 2.24) is 4.90 Å². The molecule has 0 bridgehead atoms. The predicted octanol–water partition coefficient (Wildman–Crippen LogP) is 0.153. The Bertz CT molecular complexity index is 383. The van der Waals surface area contributed by atoms with Gasteiger partial charge in [-0.25, -0.2) is 0 Å². The van der Waals surface area contributed by atoms with Crippen molar-refractivity contribution < 1.29 is 64.3 Å². The topological polar surface area (TPSA) is 3.24 Å². The van der Waals surface area contributed by atoms with Gasteiger partial charge in [0.1, 0.15) is 0 Å². The van der Waals surface area contributed by atoms with Gasteiger partial charge in [-0.1, -0.05) is 36.2 Å². The maximum atomic E-state index is 12.8. The summed E-state index contributed by atoms with van der Waals surface area (Å²) in [5, 5.41) is 0. The second kappa shape index (κ2) is 9.08. The van der Waals surface area contributed by atoms with Crippen molar-refractivity contribution in [1.29, 1.82) is 0 Å². The van der Waals surface area contributed by atoms with Crippen LogP contribution < -0.4 is 56.8 Å². The molecular weight excluding hydrogens is 300 g/mol. The second-order valence-electron chi connectivity index (χ2n) is 4.61. The van der Waals surface area contributed by atoms with Gasteiger partial charge in [0.05, 0.1) is 0 Å². The van der Waals surface area contributed by atoms with Crippen molar-refractivity contribution in [3.63, 3.8) is 0 Å². The van der Waals surface area contributed by atoms with Crippen LogP contribution in [0.1, 0.15) is 24.8 Å². The van der Waals surface area contributed by atoms with Crippen LogP contribution >= 0.6 is 12.4 Å². The minimum absolute atomic E-state index is 0. The summed E-state index contributed by atoms with van der Waals surface area (Å²) in [6, 6.07) is 5.94. The van der Waals surface area contributed by atoms with Crippen molar-refractivity contribution in [2.75, 3.05) is 13.1 Å². The van der Waals surface area contributed by atoms with Gasteiger partial charge in [0.15, 0.2) is 0 Å². The number of hydrogen-bond donors (Lipinski definition) is 0. The molecule has 1 saturated heterocycles. The van der Waals surface area contributed by atoms with Crippen molar-refractivity contribution >= 4 is 24.8 Å². The fourth-order valence-electron chi connectivity index (χ4n) is 2.36. The van der Waals surface area contributed by atoms with Gasteiger partial charge < -0.3 is 12.9 Å². The summed E-state index contributed by atoms with van der Waals surface area (Å²) in [5.41, 5.74) is -0.0139. The van der Waals surface area contributed by atoms with Gasteiger partial charge in [-0.2, -0.15) is 0 Å². The first-order valence-corrected chi connectivity index (χ1v) is 6.07. The number of nitrogens with zero attached hydrogens (tertiary/aromatic N) is 1. The Kier molecular flexibility index (Phi) is 9.54. The molecule has 19 heavy (non-hydrogen) atoms. The van der Waals surface area contributed by atoms with Gasteiger partial charge in [0.25, 0.3) is 0 Å². The molecule has 0 radical (unpaired) electrons. The minimum atomic E-state index is -4.89. The van der Waals surface area contributed by atoms with E-state index in [4.69, 9.17) is 0 Å². The van der Waals surface area contributed by atoms with E-state index in [0.717, 1.165) is 25.9 Å². The first-order chi connectivity index (χ1) is 8.07. The van der Waals surface area contributed by atoms with Crippen molar-refractivity contribution in [3.8, 4) is 0 Å². The Hall–Kier alpha value is 0.961. The fraction of sp³-hybridized carbons (Fsp3) is 0.500. The number of rotatable bonds is 3. The van der Waals surface area contributed by atoms with E-state index in [-0.39, 0.29) is 63.8 Å². The van der Waals surface area contributed by atoms with Crippen LogP contribution in [0, 0.1) is 0 Å². The first kappa shape index (κ1) is 20.0. The van der Waals surface area contributed by atoms with Gasteiger partial charge in [-0.15, -0.1) is 17.9 Å². The van der Waals surface area contributed by atoms with E-state index in [2.05, 4.69) is 4.90 Å². The van der Waals surface area contributed by atoms with Crippen LogP contribution in [0.15, 0.2) is 24.3 Å². The van der Waals surface area contributed by atoms with Crippen LogP contribution in [-0.2, 0) is 6.54 Å². The van der Waals surface area contributed by atoms with Crippen molar-refractivity contribution in [2.24, 2.45) is 0 Å². The van der Waals surface area contributed by atoms with Crippen LogP contribution in [0.5, 0.6) is 0 Å². The van der Waals surface area contributed by atoms with E-state index in [1.165, 1.54) is 18.6 Å². The minimum Gasteiger partial charge on any atom is -0.445 e. The van der Waals surface area contributed by atoms with Gasteiger partial charge in [0, 0.05) is 6.54 Å². The molecule has 1 nitrogen and oxygen atoms in total. The summed E-state index contributed by atoms with van der Waals surface area (Å²) < 4.78 is 38.5. The van der Waals surface area contributed by atoms with E-state index in [1.807, 2.05) is 0 Å². The van der Waals surface area contributed by atoms with E-state index >= 15 is 0 Å². The van der Waals surface area contributed by atoms with Gasteiger partial charge in [0.2, 0.25) is 0 Å². The molecule has 1 fully saturated rings. The summed E-state index contributed by atoms with van der Waals surface area (Å²) in [7, 11) is 0. The molecule has 0 aliphatic carbocycles. The number of benzene rings is 1. The molecule has 1 aromatic rings.